The van der Waals surface area contributed by atoms with Gasteiger partial charge in [-0.05, 0) is 32.9 Å². The van der Waals surface area contributed by atoms with Crippen molar-refractivity contribution in [3.05, 3.63) is 30.3 Å². The molecule has 1 N–H and O–H groups in total. The zero-order chi connectivity index (χ0) is 22.2. The van der Waals surface area contributed by atoms with Crippen LogP contribution in [0.3, 0.4) is 0 Å². The molecule has 0 aliphatic carbocycles. The van der Waals surface area contributed by atoms with Crippen molar-refractivity contribution in [1.29, 1.82) is 0 Å². The number of esters is 1. The lowest BCUT2D eigenvalue weighted by Gasteiger charge is -2.33. The van der Waals surface area contributed by atoms with Crippen LogP contribution in [0.4, 0.5) is 13.2 Å². The SMILES string of the molecule is CCOC(=O)CN(C(=O)C(F)(F)F)C(OC(C)C)P(=O)(O)OSc1ccccc1. The third-order valence-electron chi connectivity index (χ3n) is 3.03. The third-order valence-corrected chi connectivity index (χ3v) is 5.61. The molecule has 1 amide bonds. The minimum absolute atomic E-state index is 0.167. The van der Waals surface area contributed by atoms with Crippen molar-refractivity contribution in [1.82, 2.24) is 4.90 Å². The first kappa shape index (κ1) is 25.4. The summed E-state index contributed by atoms with van der Waals surface area (Å²) in [5.41, 5.74) is 0. The smallest absolute Gasteiger partial charge is 0.465 e. The van der Waals surface area contributed by atoms with E-state index in [0.717, 1.165) is 0 Å². The summed E-state index contributed by atoms with van der Waals surface area (Å²) in [6.45, 7) is 2.73. The minimum Gasteiger partial charge on any atom is -0.465 e. The highest BCUT2D eigenvalue weighted by Gasteiger charge is 2.51. The summed E-state index contributed by atoms with van der Waals surface area (Å²) in [6, 6.07) is 7.95. The van der Waals surface area contributed by atoms with Crippen molar-refractivity contribution in [3.63, 3.8) is 0 Å². The zero-order valence-corrected chi connectivity index (χ0v) is 17.5. The predicted molar refractivity (Wildman–Crippen MR) is 97.6 cm³/mol. The van der Waals surface area contributed by atoms with Crippen LogP contribution in [-0.2, 0) is 27.6 Å². The maximum absolute atomic E-state index is 13.1. The molecule has 0 heterocycles. The highest BCUT2D eigenvalue weighted by Crippen LogP contribution is 2.54. The average Bonchev–Trinajstić information content (AvgIpc) is 2.62. The van der Waals surface area contributed by atoms with Gasteiger partial charge in [-0.1, -0.05) is 18.2 Å². The lowest BCUT2D eigenvalue weighted by Crippen LogP contribution is -2.51. The largest absolute Gasteiger partial charge is 0.471 e. The Bertz CT molecular complexity index is 733. The van der Waals surface area contributed by atoms with Gasteiger partial charge in [0.25, 0.3) is 0 Å². The number of hydrogen-bond acceptors (Lipinski definition) is 7. The Labute approximate surface area is 170 Å². The molecule has 29 heavy (non-hydrogen) atoms. The fourth-order valence-corrected chi connectivity index (χ4v) is 4.21. The lowest BCUT2D eigenvalue weighted by atomic mass is 10.4. The van der Waals surface area contributed by atoms with Gasteiger partial charge in [0.1, 0.15) is 6.54 Å². The molecule has 2 atom stereocenters. The van der Waals surface area contributed by atoms with E-state index in [1.165, 1.54) is 32.9 Å². The van der Waals surface area contributed by atoms with Gasteiger partial charge in [-0.15, -0.1) is 0 Å². The number of halogens is 3. The second kappa shape index (κ2) is 11.0. The third kappa shape index (κ3) is 8.35. The molecule has 2 unspecified atom stereocenters. The molecule has 1 aromatic carbocycles. The normalized spacial score (nSPS) is 14.9. The van der Waals surface area contributed by atoms with Crippen LogP contribution in [0.2, 0.25) is 0 Å². The molecule has 13 heteroatoms. The summed E-state index contributed by atoms with van der Waals surface area (Å²) in [6.07, 6.45) is -6.31. The van der Waals surface area contributed by atoms with Crippen LogP contribution in [0.15, 0.2) is 35.2 Å². The molecule has 0 aliphatic heterocycles. The van der Waals surface area contributed by atoms with E-state index < -0.39 is 44.3 Å². The van der Waals surface area contributed by atoms with Gasteiger partial charge in [0, 0.05) is 16.9 Å². The van der Waals surface area contributed by atoms with Crippen molar-refractivity contribution < 1.29 is 45.7 Å². The number of carbonyl (C=O) groups excluding carboxylic acids is 2. The van der Waals surface area contributed by atoms with E-state index in [2.05, 4.69) is 4.74 Å². The number of carbonyl (C=O) groups is 2. The number of nitrogens with zero attached hydrogens (tertiary/aromatic N) is 1. The van der Waals surface area contributed by atoms with Crippen molar-refractivity contribution in [2.24, 2.45) is 0 Å². The Morgan fingerprint density at radius 3 is 2.31 bits per heavy atom. The van der Waals surface area contributed by atoms with Crippen LogP contribution in [0.25, 0.3) is 0 Å². The van der Waals surface area contributed by atoms with Gasteiger partial charge < -0.3 is 14.4 Å². The summed E-state index contributed by atoms with van der Waals surface area (Å²) in [5, 5.41) is 0. The van der Waals surface area contributed by atoms with Gasteiger partial charge in [0.15, 0.2) is 0 Å². The molecule has 0 saturated heterocycles. The molecule has 0 radical (unpaired) electrons. The molecule has 8 nitrogen and oxygen atoms in total. The van der Waals surface area contributed by atoms with E-state index >= 15 is 0 Å². The van der Waals surface area contributed by atoms with Gasteiger partial charge in [-0.25, -0.2) is 3.97 Å². The Hall–Kier alpha value is -1.59. The first-order chi connectivity index (χ1) is 13.4. The van der Waals surface area contributed by atoms with E-state index in [9.17, 15) is 32.2 Å². The number of rotatable bonds is 10. The Balaban J connectivity index is 3.22. The zero-order valence-electron chi connectivity index (χ0n) is 15.8. The van der Waals surface area contributed by atoms with Crippen LogP contribution in [0.5, 0.6) is 0 Å². The minimum atomic E-state index is -5.43. The van der Waals surface area contributed by atoms with E-state index in [0.29, 0.717) is 16.9 Å². The van der Waals surface area contributed by atoms with Gasteiger partial charge in [-0.2, -0.15) is 13.2 Å². The quantitative estimate of drug-likeness (QED) is 0.245. The summed E-state index contributed by atoms with van der Waals surface area (Å²) < 4.78 is 66.4. The Morgan fingerprint density at radius 2 is 1.83 bits per heavy atom. The summed E-state index contributed by atoms with van der Waals surface area (Å²) in [7, 11) is -5.04. The molecule has 164 valence electrons. The monoisotopic (exact) mass is 459 g/mol. The van der Waals surface area contributed by atoms with Gasteiger partial charge >= 0.3 is 25.6 Å². The molecule has 0 aliphatic rings. The second-order valence-corrected chi connectivity index (χ2v) is 8.59. The first-order valence-corrected chi connectivity index (χ1v) is 10.7. The fraction of sp³-hybridized carbons (Fsp3) is 0.500. The van der Waals surface area contributed by atoms with Gasteiger partial charge in [-0.3, -0.25) is 19.1 Å². The molecule has 1 aromatic rings. The lowest BCUT2D eigenvalue weighted by molar-refractivity contribution is -0.196. The van der Waals surface area contributed by atoms with Gasteiger partial charge in [0.05, 0.1) is 12.7 Å². The van der Waals surface area contributed by atoms with Crippen LogP contribution in [0, 0.1) is 0 Å². The van der Waals surface area contributed by atoms with E-state index in [-0.39, 0.29) is 11.5 Å². The number of benzene rings is 1. The average molecular weight is 459 g/mol. The highest BCUT2D eigenvalue weighted by molar-refractivity contribution is 7.98. The molecule has 0 spiro atoms. The molecule has 0 aromatic heterocycles. The van der Waals surface area contributed by atoms with Crippen molar-refractivity contribution in [2.75, 3.05) is 13.2 Å². The maximum atomic E-state index is 13.1. The number of ether oxygens (including phenoxy) is 2. The van der Waals surface area contributed by atoms with Crippen molar-refractivity contribution in [2.45, 2.75) is 43.9 Å². The molecule has 0 fully saturated rings. The van der Waals surface area contributed by atoms with Crippen LogP contribution in [-0.4, -0.2) is 53.1 Å². The van der Waals surface area contributed by atoms with Crippen molar-refractivity contribution >= 4 is 31.5 Å². The van der Waals surface area contributed by atoms with Crippen LogP contribution < -0.4 is 0 Å². The number of alkyl halides is 3. The van der Waals surface area contributed by atoms with Gasteiger partial charge in [0.2, 0.25) is 5.97 Å². The molecule has 0 bridgehead atoms. The number of hydrogen-bond donors (Lipinski definition) is 1. The van der Waals surface area contributed by atoms with E-state index in [1.807, 2.05) is 0 Å². The van der Waals surface area contributed by atoms with Crippen molar-refractivity contribution in [3.8, 4) is 0 Å². The fourth-order valence-electron chi connectivity index (χ4n) is 1.94. The Morgan fingerprint density at radius 1 is 1.24 bits per heavy atom. The molecular formula is C16H21F3NO7PS. The predicted octanol–water partition coefficient (Wildman–Crippen LogP) is 3.56. The topological polar surface area (TPSA) is 102 Å². The Kier molecular flexibility index (Phi) is 9.63. The second-order valence-electron chi connectivity index (χ2n) is 5.78. The molecular weight excluding hydrogens is 438 g/mol. The summed E-state index contributed by atoms with van der Waals surface area (Å²) in [4.78, 5) is 34.1. The van der Waals surface area contributed by atoms with Crippen LogP contribution >= 0.6 is 19.6 Å². The van der Waals surface area contributed by atoms with E-state index in [1.54, 1.807) is 18.2 Å². The first-order valence-electron chi connectivity index (χ1n) is 8.31. The summed E-state index contributed by atoms with van der Waals surface area (Å²) in [5.74, 6) is -6.14. The van der Waals surface area contributed by atoms with E-state index in [4.69, 9.17) is 8.71 Å². The molecule has 1 rings (SSSR count). The molecule has 0 saturated carbocycles. The summed E-state index contributed by atoms with van der Waals surface area (Å²) >= 11 is 0.420. The number of amides is 1. The standard InChI is InChI=1S/C16H21F3NO7PS/c1-4-25-13(21)10-20(14(22)16(17,18)19)15(26-11(2)3)28(23,24)27-29-12-8-6-5-7-9-12/h5-9,11,15H,4,10H2,1-3H3,(H,23,24). The highest BCUT2D eigenvalue weighted by atomic mass is 32.2. The van der Waals surface area contributed by atoms with Crippen LogP contribution in [0.1, 0.15) is 20.8 Å². The maximum Gasteiger partial charge on any atom is 0.471 e.